The van der Waals surface area contributed by atoms with Crippen molar-refractivity contribution in [3.8, 4) is 12.2 Å². The Morgan fingerprint density at radius 3 is 2.93 bits per heavy atom. The van der Waals surface area contributed by atoms with Gasteiger partial charge in [-0.1, -0.05) is 0 Å². The topological polar surface area (TPSA) is 91.4 Å². The second-order valence-electron chi connectivity index (χ2n) is 2.40. The highest BCUT2D eigenvalue weighted by molar-refractivity contribution is 5.98. The summed E-state index contributed by atoms with van der Waals surface area (Å²) in [7, 11) is 4.62. The number of hydrogen-bond donors (Lipinski definition) is 3. The number of aromatic nitrogens is 1. The first-order chi connectivity index (χ1) is 7.15. The summed E-state index contributed by atoms with van der Waals surface area (Å²) in [6.07, 6.45) is 3.10. The molecule has 1 aromatic heterocycles. The van der Waals surface area contributed by atoms with Gasteiger partial charge < -0.3 is 14.7 Å². The van der Waals surface area contributed by atoms with E-state index in [0.29, 0.717) is 0 Å². The van der Waals surface area contributed by atoms with Crippen LogP contribution in [0.2, 0.25) is 0 Å². The average Bonchev–Trinajstić information content (AvgIpc) is 2.17. The average molecular weight is 204 g/mol. The number of carbonyl (C=O) groups is 1. The molecule has 0 spiro atoms. The lowest BCUT2D eigenvalue weighted by Crippen LogP contribution is -2.14. The van der Waals surface area contributed by atoms with Crippen LogP contribution in [0.15, 0.2) is 17.1 Å². The van der Waals surface area contributed by atoms with Crippen LogP contribution < -0.4 is 10.7 Å². The standard InChI is InChI=1S/C8H5BN2O4/c9-15-2-1-10-7-3-6(12)5(4-11-7)8(13)14/h3-4H,(H,13,14)(H2,10,11,12). The molecule has 0 aliphatic rings. The van der Waals surface area contributed by atoms with E-state index in [0.717, 1.165) is 12.3 Å². The van der Waals surface area contributed by atoms with Gasteiger partial charge in [0.05, 0.1) is 6.04 Å². The van der Waals surface area contributed by atoms with Gasteiger partial charge >= 0.3 is 14.0 Å². The van der Waals surface area contributed by atoms with E-state index in [9.17, 15) is 9.59 Å². The third-order valence-electron chi connectivity index (χ3n) is 1.45. The van der Waals surface area contributed by atoms with E-state index in [1.165, 1.54) is 0 Å². The third kappa shape index (κ3) is 2.81. The summed E-state index contributed by atoms with van der Waals surface area (Å²) >= 11 is 0. The zero-order chi connectivity index (χ0) is 11.3. The zero-order valence-electron chi connectivity index (χ0n) is 7.40. The van der Waals surface area contributed by atoms with Gasteiger partial charge in [-0.15, -0.1) is 0 Å². The normalized spacial score (nSPS) is 8.53. The van der Waals surface area contributed by atoms with Crippen LogP contribution in [0.5, 0.6) is 0 Å². The van der Waals surface area contributed by atoms with Gasteiger partial charge in [0.15, 0.2) is 5.43 Å². The molecule has 0 aromatic carbocycles. The highest BCUT2D eigenvalue weighted by Gasteiger charge is 2.07. The Morgan fingerprint density at radius 1 is 1.67 bits per heavy atom. The number of anilines is 1. The summed E-state index contributed by atoms with van der Waals surface area (Å²) in [5, 5.41) is 11.0. The van der Waals surface area contributed by atoms with E-state index in [4.69, 9.17) is 5.11 Å². The Hall–Kier alpha value is -2.36. The molecule has 6 nitrogen and oxygen atoms in total. The molecule has 1 heterocycles. The molecule has 0 aliphatic heterocycles. The van der Waals surface area contributed by atoms with Gasteiger partial charge in [0.2, 0.25) is 0 Å². The molecule has 0 bridgehead atoms. The molecule has 0 saturated heterocycles. The molecule has 2 radical (unpaired) electrons. The van der Waals surface area contributed by atoms with E-state index < -0.39 is 11.4 Å². The van der Waals surface area contributed by atoms with Gasteiger partial charge in [-0.3, -0.25) is 10.1 Å². The van der Waals surface area contributed by atoms with Crippen molar-refractivity contribution in [1.29, 1.82) is 0 Å². The fourth-order valence-corrected chi connectivity index (χ4v) is 0.833. The summed E-state index contributed by atoms with van der Waals surface area (Å²) in [4.78, 5) is 24.2. The van der Waals surface area contributed by atoms with Gasteiger partial charge in [-0.2, -0.15) is 0 Å². The van der Waals surface area contributed by atoms with Crippen LogP contribution in [0.3, 0.4) is 0 Å². The lowest BCUT2D eigenvalue weighted by atomic mass is 10.3. The smallest absolute Gasteiger partial charge is 0.392 e. The monoisotopic (exact) mass is 204 g/mol. The Bertz CT molecular complexity index is 485. The SMILES string of the molecule is [B]OC#CNc1cc(=O)c(C(=O)O)c[nH]1. The molecular formula is C8H5BN2O4. The van der Waals surface area contributed by atoms with Crippen LogP contribution in [0.4, 0.5) is 5.82 Å². The Labute approximate surface area is 85.7 Å². The number of aromatic amines is 1. The van der Waals surface area contributed by atoms with Gasteiger partial charge in [0.1, 0.15) is 17.5 Å². The van der Waals surface area contributed by atoms with Crippen molar-refractivity contribution >= 4 is 19.8 Å². The van der Waals surface area contributed by atoms with Gasteiger partial charge in [0, 0.05) is 12.3 Å². The number of hydrogen-bond acceptors (Lipinski definition) is 4. The van der Waals surface area contributed by atoms with E-state index in [-0.39, 0.29) is 11.4 Å². The molecule has 0 atom stereocenters. The number of rotatable bonds is 2. The maximum Gasteiger partial charge on any atom is 0.392 e. The maximum atomic E-state index is 11.2. The highest BCUT2D eigenvalue weighted by Crippen LogP contribution is 1.98. The van der Waals surface area contributed by atoms with E-state index >= 15 is 0 Å². The van der Waals surface area contributed by atoms with Crippen molar-refractivity contribution in [3.05, 3.63) is 28.0 Å². The molecule has 7 heteroatoms. The van der Waals surface area contributed by atoms with E-state index in [2.05, 4.69) is 29.0 Å². The van der Waals surface area contributed by atoms with Crippen LogP contribution in [0.25, 0.3) is 0 Å². The first kappa shape index (κ1) is 10.7. The number of pyridine rings is 1. The number of nitrogens with one attached hydrogen (secondary N) is 2. The second-order valence-corrected chi connectivity index (χ2v) is 2.40. The molecule has 3 N–H and O–H groups in total. The molecule has 15 heavy (non-hydrogen) atoms. The first-order valence-corrected chi connectivity index (χ1v) is 3.73. The van der Waals surface area contributed by atoms with Crippen molar-refractivity contribution in [2.45, 2.75) is 0 Å². The predicted octanol–water partition coefficient (Wildman–Crippen LogP) is -0.497. The maximum absolute atomic E-state index is 11.2. The molecule has 1 aromatic rings. The lowest BCUT2D eigenvalue weighted by Gasteiger charge is -1.98. The number of H-pyrrole nitrogens is 1. The van der Waals surface area contributed by atoms with Gasteiger partial charge in [-0.25, -0.2) is 4.79 Å². The zero-order valence-corrected chi connectivity index (χ0v) is 7.40. The summed E-state index contributed by atoms with van der Waals surface area (Å²) in [6.45, 7) is 0. The lowest BCUT2D eigenvalue weighted by molar-refractivity contribution is 0.0695. The van der Waals surface area contributed by atoms with Crippen molar-refractivity contribution in [2.75, 3.05) is 5.32 Å². The molecule has 0 unspecified atom stereocenters. The fraction of sp³-hybridized carbons (Fsp3) is 0. The molecule has 74 valence electrons. The fourth-order valence-electron chi connectivity index (χ4n) is 0.833. The minimum absolute atomic E-state index is 0.245. The Balaban J connectivity index is 2.92. The van der Waals surface area contributed by atoms with Crippen molar-refractivity contribution in [1.82, 2.24) is 4.98 Å². The summed E-state index contributed by atoms with van der Waals surface area (Å²) in [6, 6.07) is 3.33. The number of carboxylic acids is 1. The van der Waals surface area contributed by atoms with E-state index in [1.54, 1.807) is 0 Å². The molecule has 1 rings (SSSR count). The van der Waals surface area contributed by atoms with Gasteiger partial charge in [0.25, 0.3) is 0 Å². The van der Waals surface area contributed by atoms with Gasteiger partial charge in [-0.05, 0) is 0 Å². The molecule has 0 fully saturated rings. The predicted molar refractivity (Wildman–Crippen MR) is 52.3 cm³/mol. The summed E-state index contributed by atoms with van der Waals surface area (Å²) in [5.74, 6) is -1.05. The van der Waals surface area contributed by atoms with Crippen LogP contribution in [-0.4, -0.2) is 24.1 Å². The van der Waals surface area contributed by atoms with Crippen molar-refractivity contribution in [2.24, 2.45) is 0 Å². The van der Waals surface area contributed by atoms with Crippen molar-refractivity contribution < 1.29 is 14.6 Å². The number of aromatic carboxylic acids is 1. The summed E-state index contributed by atoms with van der Waals surface area (Å²) in [5.41, 5.74) is -0.970. The van der Waals surface area contributed by atoms with Crippen LogP contribution in [-0.2, 0) is 4.65 Å². The number of carboxylic acid groups (broad SMARTS) is 1. The minimum atomic E-state index is -1.29. The minimum Gasteiger partial charge on any atom is -0.525 e. The van der Waals surface area contributed by atoms with Crippen LogP contribution in [0, 0.1) is 12.2 Å². The first-order valence-electron chi connectivity index (χ1n) is 3.73. The second kappa shape index (κ2) is 4.76. The Morgan fingerprint density at radius 2 is 2.40 bits per heavy atom. The van der Waals surface area contributed by atoms with Crippen molar-refractivity contribution in [3.63, 3.8) is 0 Å². The Kier molecular flexibility index (Phi) is 3.41. The molecule has 0 aliphatic carbocycles. The quantitative estimate of drug-likeness (QED) is 0.343. The third-order valence-corrected chi connectivity index (χ3v) is 1.45. The molecule has 0 amide bonds. The summed E-state index contributed by atoms with van der Waals surface area (Å²) < 4.78 is 3.95. The molecular weight excluding hydrogens is 199 g/mol. The van der Waals surface area contributed by atoms with Crippen LogP contribution >= 0.6 is 0 Å². The molecule has 0 saturated carbocycles. The highest BCUT2D eigenvalue weighted by atomic mass is 16.4. The largest absolute Gasteiger partial charge is 0.525 e. The van der Waals surface area contributed by atoms with E-state index in [1.807, 2.05) is 6.11 Å². The van der Waals surface area contributed by atoms with Crippen LogP contribution in [0.1, 0.15) is 10.4 Å².